The van der Waals surface area contributed by atoms with Gasteiger partial charge in [-0.2, -0.15) is 0 Å². The molecular formula is C26H37N3O6. The van der Waals surface area contributed by atoms with E-state index in [0.717, 1.165) is 32.1 Å². The standard InChI is InChI=1S/C26H37N3O6/c1-5-18-11-13-19(14-12-18)22(23(32)27-20-9-7-6-8-10-20)29(15-16-30)24(33)21(17-31)28-25(34)35-26(2,3)4/h1,11-14,20-22,30-31H,6-10,15-17H2,2-4H3,(H,27,32)(H,28,34). The van der Waals surface area contributed by atoms with Crippen molar-refractivity contribution in [2.75, 3.05) is 19.8 Å². The van der Waals surface area contributed by atoms with Crippen molar-refractivity contribution in [1.82, 2.24) is 15.5 Å². The Labute approximate surface area is 207 Å². The molecule has 0 bridgehead atoms. The van der Waals surface area contributed by atoms with Gasteiger partial charge in [-0.1, -0.05) is 37.3 Å². The van der Waals surface area contributed by atoms with Crippen LogP contribution in [-0.2, 0) is 14.3 Å². The van der Waals surface area contributed by atoms with Gasteiger partial charge in [0, 0.05) is 18.2 Å². The minimum absolute atomic E-state index is 0.0108. The fourth-order valence-corrected chi connectivity index (χ4v) is 4.07. The van der Waals surface area contributed by atoms with Gasteiger partial charge in [-0.25, -0.2) is 4.79 Å². The number of carbonyl (C=O) groups excluding carboxylic acids is 3. The molecule has 0 radical (unpaired) electrons. The van der Waals surface area contributed by atoms with Crippen molar-refractivity contribution >= 4 is 17.9 Å². The molecule has 2 rings (SSSR count). The Morgan fingerprint density at radius 2 is 1.77 bits per heavy atom. The molecule has 0 spiro atoms. The first-order valence-electron chi connectivity index (χ1n) is 12.0. The number of aliphatic hydroxyl groups excluding tert-OH is 2. The van der Waals surface area contributed by atoms with E-state index in [1.807, 2.05) is 0 Å². The zero-order chi connectivity index (χ0) is 26.0. The Balaban J connectivity index is 2.36. The van der Waals surface area contributed by atoms with Gasteiger partial charge in [0.2, 0.25) is 11.8 Å². The molecule has 4 N–H and O–H groups in total. The summed E-state index contributed by atoms with van der Waals surface area (Å²) in [6, 6.07) is 4.17. The summed E-state index contributed by atoms with van der Waals surface area (Å²) in [4.78, 5) is 40.4. The third-order valence-electron chi connectivity index (χ3n) is 5.70. The van der Waals surface area contributed by atoms with Crippen LogP contribution in [-0.4, -0.2) is 70.5 Å². The van der Waals surface area contributed by atoms with E-state index in [4.69, 9.17) is 11.2 Å². The van der Waals surface area contributed by atoms with Crippen LogP contribution < -0.4 is 10.6 Å². The molecular weight excluding hydrogens is 450 g/mol. The van der Waals surface area contributed by atoms with Gasteiger partial charge in [0.05, 0.1) is 13.2 Å². The van der Waals surface area contributed by atoms with Gasteiger partial charge in [0.1, 0.15) is 17.7 Å². The smallest absolute Gasteiger partial charge is 0.408 e. The lowest BCUT2D eigenvalue weighted by molar-refractivity contribution is -0.144. The number of carbonyl (C=O) groups is 3. The van der Waals surface area contributed by atoms with Crippen molar-refractivity contribution in [1.29, 1.82) is 0 Å². The molecule has 0 aliphatic heterocycles. The van der Waals surface area contributed by atoms with Crippen molar-refractivity contribution < 1.29 is 29.3 Å². The van der Waals surface area contributed by atoms with Gasteiger partial charge in [-0.05, 0) is 51.3 Å². The van der Waals surface area contributed by atoms with Crippen LogP contribution in [0.5, 0.6) is 0 Å². The monoisotopic (exact) mass is 487 g/mol. The Morgan fingerprint density at radius 3 is 2.29 bits per heavy atom. The Kier molecular flexibility index (Phi) is 10.6. The van der Waals surface area contributed by atoms with Crippen LogP contribution in [0.3, 0.4) is 0 Å². The van der Waals surface area contributed by atoms with Gasteiger partial charge in [-0.3, -0.25) is 9.59 Å². The third-order valence-corrected chi connectivity index (χ3v) is 5.70. The highest BCUT2D eigenvalue weighted by molar-refractivity contribution is 5.92. The summed E-state index contributed by atoms with van der Waals surface area (Å²) in [5.41, 5.74) is 0.298. The molecule has 1 aromatic rings. The van der Waals surface area contributed by atoms with E-state index in [-0.39, 0.29) is 12.6 Å². The molecule has 192 valence electrons. The molecule has 9 nitrogen and oxygen atoms in total. The first-order chi connectivity index (χ1) is 16.6. The van der Waals surface area contributed by atoms with Crippen LogP contribution in [0.25, 0.3) is 0 Å². The van der Waals surface area contributed by atoms with Gasteiger partial charge in [-0.15, -0.1) is 6.42 Å². The molecule has 0 saturated heterocycles. The second-order valence-corrected chi connectivity index (χ2v) is 9.65. The van der Waals surface area contributed by atoms with Crippen LogP contribution in [0.2, 0.25) is 0 Å². The minimum Gasteiger partial charge on any atom is -0.444 e. The summed E-state index contributed by atoms with van der Waals surface area (Å²) in [5, 5.41) is 25.0. The number of benzene rings is 1. The second-order valence-electron chi connectivity index (χ2n) is 9.65. The van der Waals surface area contributed by atoms with Gasteiger partial charge < -0.3 is 30.5 Å². The molecule has 1 aliphatic carbocycles. The lowest BCUT2D eigenvalue weighted by atomic mass is 9.94. The van der Waals surface area contributed by atoms with E-state index in [9.17, 15) is 24.6 Å². The molecule has 1 fully saturated rings. The lowest BCUT2D eigenvalue weighted by Crippen LogP contribution is -2.55. The average Bonchev–Trinajstić information content (AvgIpc) is 2.81. The first kappa shape index (κ1) is 28.1. The molecule has 3 amide bonds. The number of nitrogens with one attached hydrogen (secondary N) is 2. The van der Waals surface area contributed by atoms with Crippen molar-refractivity contribution in [3.05, 3.63) is 35.4 Å². The molecule has 1 saturated carbocycles. The molecule has 0 heterocycles. The maximum atomic E-state index is 13.5. The molecule has 2 unspecified atom stereocenters. The molecule has 1 aromatic carbocycles. The lowest BCUT2D eigenvalue weighted by Gasteiger charge is -2.35. The van der Waals surface area contributed by atoms with Gasteiger partial charge in [0.25, 0.3) is 0 Å². The fraction of sp³-hybridized carbons (Fsp3) is 0.577. The molecule has 35 heavy (non-hydrogen) atoms. The van der Waals surface area contributed by atoms with Crippen molar-refractivity contribution in [3.8, 4) is 12.3 Å². The summed E-state index contributed by atoms with van der Waals surface area (Å²) in [5.74, 6) is 1.39. The highest BCUT2D eigenvalue weighted by Crippen LogP contribution is 2.25. The SMILES string of the molecule is C#Cc1ccc(C(C(=O)NC2CCCCC2)N(CCO)C(=O)C(CO)NC(=O)OC(C)(C)C)cc1. The van der Waals surface area contributed by atoms with Gasteiger partial charge >= 0.3 is 6.09 Å². The van der Waals surface area contributed by atoms with Crippen molar-refractivity contribution in [2.24, 2.45) is 0 Å². The predicted molar refractivity (Wildman–Crippen MR) is 131 cm³/mol. The number of rotatable bonds is 9. The molecule has 2 atom stereocenters. The Bertz CT molecular complexity index is 897. The normalized spacial score (nSPS) is 15.9. The van der Waals surface area contributed by atoms with E-state index < -0.39 is 48.8 Å². The topological polar surface area (TPSA) is 128 Å². The number of hydrogen-bond donors (Lipinski definition) is 4. The zero-order valence-electron chi connectivity index (χ0n) is 20.8. The summed E-state index contributed by atoms with van der Waals surface area (Å²) < 4.78 is 5.20. The van der Waals surface area contributed by atoms with E-state index in [1.54, 1.807) is 45.0 Å². The number of hydrogen-bond acceptors (Lipinski definition) is 6. The zero-order valence-corrected chi connectivity index (χ0v) is 20.8. The summed E-state index contributed by atoms with van der Waals surface area (Å²) >= 11 is 0. The maximum absolute atomic E-state index is 13.5. The summed E-state index contributed by atoms with van der Waals surface area (Å²) in [6.07, 6.45) is 9.42. The highest BCUT2D eigenvalue weighted by atomic mass is 16.6. The number of aliphatic hydroxyl groups is 2. The average molecular weight is 488 g/mol. The van der Waals surface area contributed by atoms with Crippen LogP contribution in [0.1, 0.15) is 70.0 Å². The van der Waals surface area contributed by atoms with E-state index in [1.165, 1.54) is 4.90 Å². The van der Waals surface area contributed by atoms with Crippen LogP contribution in [0.4, 0.5) is 4.79 Å². The van der Waals surface area contributed by atoms with Gasteiger partial charge in [0.15, 0.2) is 0 Å². The third kappa shape index (κ3) is 8.57. The molecule has 1 aliphatic rings. The predicted octanol–water partition coefficient (Wildman–Crippen LogP) is 1.86. The quantitative estimate of drug-likeness (QED) is 0.394. The van der Waals surface area contributed by atoms with Crippen molar-refractivity contribution in [2.45, 2.75) is 76.6 Å². The summed E-state index contributed by atoms with van der Waals surface area (Å²) in [7, 11) is 0. The fourth-order valence-electron chi connectivity index (χ4n) is 4.07. The number of amides is 3. The highest BCUT2D eigenvalue weighted by Gasteiger charge is 2.36. The van der Waals surface area contributed by atoms with Crippen LogP contribution >= 0.6 is 0 Å². The van der Waals surface area contributed by atoms with Crippen molar-refractivity contribution in [3.63, 3.8) is 0 Å². The van der Waals surface area contributed by atoms with E-state index >= 15 is 0 Å². The summed E-state index contributed by atoms with van der Waals surface area (Å²) in [6.45, 7) is 3.69. The number of nitrogens with zero attached hydrogens (tertiary/aromatic N) is 1. The largest absolute Gasteiger partial charge is 0.444 e. The Hall–Kier alpha value is -3.09. The number of ether oxygens (including phenoxy) is 1. The minimum atomic E-state index is -1.37. The molecule has 9 heteroatoms. The second kappa shape index (κ2) is 13.1. The van der Waals surface area contributed by atoms with Crippen LogP contribution in [0.15, 0.2) is 24.3 Å². The maximum Gasteiger partial charge on any atom is 0.408 e. The van der Waals surface area contributed by atoms with E-state index in [0.29, 0.717) is 11.1 Å². The van der Waals surface area contributed by atoms with Crippen LogP contribution in [0, 0.1) is 12.3 Å². The van der Waals surface area contributed by atoms with E-state index in [2.05, 4.69) is 16.6 Å². The number of alkyl carbamates (subject to hydrolysis) is 1. The number of terminal acetylenes is 1. The Morgan fingerprint density at radius 1 is 1.14 bits per heavy atom. The molecule has 0 aromatic heterocycles. The first-order valence-corrected chi connectivity index (χ1v) is 12.0.